The minimum absolute atomic E-state index is 0.451. The highest BCUT2D eigenvalue weighted by Gasteiger charge is 2.03. The molecule has 0 aliphatic rings. The van der Waals surface area contributed by atoms with E-state index in [1.807, 2.05) is 29.8 Å². The predicted octanol–water partition coefficient (Wildman–Crippen LogP) is 1.47. The van der Waals surface area contributed by atoms with Crippen LogP contribution in [-0.2, 0) is 6.54 Å². The van der Waals surface area contributed by atoms with Gasteiger partial charge in [-0.25, -0.2) is 4.98 Å². The SMILES string of the molecule is Cc1nccn1-c1ccc(CNC(C)C)nn1. The molecule has 0 unspecified atom stereocenters. The Morgan fingerprint density at radius 2 is 2.12 bits per heavy atom. The highest BCUT2D eigenvalue weighted by molar-refractivity contribution is 5.23. The molecule has 0 fully saturated rings. The Kier molecular flexibility index (Phi) is 3.49. The van der Waals surface area contributed by atoms with Gasteiger partial charge in [0.15, 0.2) is 5.82 Å². The lowest BCUT2D eigenvalue weighted by molar-refractivity contribution is 0.577. The molecule has 0 aliphatic heterocycles. The summed E-state index contributed by atoms with van der Waals surface area (Å²) < 4.78 is 1.91. The molecule has 0 radical (unpaired) electrons. The van der Waals surface area contributed by atoms with Gasteiger partial charge in [0.05, 0.1) is 5.69 Å². The number of nitrogens with zero attached hydrogens (tertiary/aromatic N) is 4. The summed E-state index contributed by atoms with van der Waals surface area (Å²) in [5, 5.41) is 11.7. The zero-order valence-corrected chi connectivity index (χ0v) is 10.4. The van der Waals surface area contributed by atoms with Crippen LogP contribution < -0.4 is 5.32 Å². The van der Waals surface area contributed by atoms with Gasteiger partial charge < -0.3 is 5.32 Å². The summed E-state index contributed by atoms with van der Waals surface area (Å²) >= 11 is 0. The van der Waals surface area contributed by atoms with Crippen molar-refractivity contribution in [1.82, 2.24) is 25.1 Å². The predicted molar refractivity (Wildman–Crippen MR) is 65.9 cm³/mol. The molecule has 0 saturated carbocycles. The smallest absolute Gasteiger partial charge is 0.160 e. The van der Waals surface area contributed by atoms with Crippen molar-refractivity contribution in [1.29, 1.82) is 0 Å². The fourth-order valence-electron chi connectivity index (χ4n) is 1.50. The third-order valence-electron chi connectivity index (χ3n) is 2.47. The Balaban J connectivity index is 2.11. The van der Waals surface area contributed by atoms with Crippen LogP contribution in [0.1, 0.15) is 25.4 Å². The van der Waals surface area contributed by atoms with Crippen molar-refractivity contribution in [3.05, 3.63) is 36.0 Å². The largest absolute Gasteiger partial charge is 0.309 e. The standard InChI is InChI=1S/C12H17N5/c1-9(2)14-8-11-4-5-12(16-15-11)17-7-6-13-10(17)3/h4-7,9,14H,8H2,1-3H3. The van der Waals surface area contributed by atoms with Crippen molar-refractivity contribution in [2.45, 2.75) is 33.4 Å². The van der Waals surface area contributed by atoms with E-state index in [-0.39, 0.29) is 0 Å². The summed E-state index contributed by atoms with van der Waals surface area (Å²) in [7, 11) is 0. The van der Waals surface area contributed by atoms with Crippen LogP contribution in [0.2, 0.25) is 0 Å². The highest BCUT2D eigenvalue weighted by atomic mass is 15.2. The first kappa shape index (κ1) is 11.7. The average molecular weight is 231 g/mol. The summed E-state index contributed by atoms with van der Waals surface area (Å²) in [6, 6.07) is 4.39. The maximum absolute atomic E-state index is 4.19. The number of aromatic nitrogens is 4. The first-order valence-corrected chi connectivity index (χ1v) is 5.73. The van der Waals surface area contributed by atoms with Crippen LogP contribution in [0.3, 0.4) is 0 Å². The van der Waals surface area contributed by atoms with Crippen molar-refractivity contribution in [3.63, 3.8) is 0 Å². The molecule has 0 aromatic carbocycles. The van der Waals surface area contributed by atoms with Crippen LogP contribution in [0.15, 0.2) is 24.5 Å². The lowest BCUT2D eigenvalue weighted by Crippen LogP contribution is -2.22. The quantitative estimate of drug-likeness (QED) is 0.865. The number of aryl methyl sites for hydroxylation is 1. The minimum Gasteiger partial charge on any atom is -0.309 e. The van der Waals surface area contributed by atoms with Crippen molar-refractivity contribution < 1.29 is 0 Å². The fourth-order valence-corrected chi connectivity index (χ4v) is 1.50. The van der Waals surface area contributed by atoms with Gasteiger partial charge >= 0.3 is 0 Å². The molecular weight excluding hydrogens is 214 g/mol. The molecule has 0 bridgehead atoms. The maximum atomic E-state index is 4.19. The third-order valence-corrected chi connectivity index (χ3v) is 2.47. The monoisotopic (exact) mass is 231 g/mol. The summed E-state index contributed by atoms with van der Waals surface area (Å²) in [5.74, 6) is 1.71. The molecule has 0 atom stereocenters. The number of rotatable bonds is 4. The highest BCUT2D eigenvalue weighted by Crippen LogP contribution is 2.06. The number of nitrogens with one attached hydrogen (secondary N) is 1. The molecule has 5 heteroatoms. The first-order chi connectivity index (χ1) is 8.16. The summed E-state index contributed by atoms with van der Waals surface area (Å²) in [6.07, 6.45) is 3.64. The lowest BCUT2D eigenvalue weighted by atomic mass is 10.3. The molecule has 2 aromatic rings. The van der Waals surface area contributed by atoms with Gasteiger partial charge in [0.2, 0.25) is 0 Å². The van der Waals surface area contributed by atoms with E-state index in [0.717, 1.165) is 23.9 Å². The van der Waals surface area contributed by atoms with Crippen molar-refractivity contribution >= 4 is 0 Å². The van der Waals surface area contributed by atoms with E-state index in [4.69, 9.17) is 0 Å². The molecule has 0 saturated heterocycles. The zero-order valence-electron chi connectivity index (χ0n) is 10.4. The molecule has 2 rings (SSSR count). The molecule has 2 heterocycles. The van der Waals surface area contributed by atoms with Gasteiger partial charge in [0, 0.05) is 25.0 Å². The van der Waals surface area contributed by atoms with E-state index in [2.05, 4.69) is 34.3 Å². The first-order valence-electron chi connectivity index (χ1n) is 5.73. The molecule has 90 valence electrons. The number of hydrogen-bond acceptors (Lipinski definition) is 4. The van der Waals surface area contributed by atoms with Gasteiger partial charge in [-0.2, -0.15) is 5.10 Å². The second-order valence-corrected chi connectivity index (χ2v) is 4.26. The van der Waals surface area contributed by atoms with E-state index >= 15 is 0 Å². The van der Waals surface area contributed by atoms with Crippen LogP contribution in [0.4, 0.5) is 0 Å². The van der Waals surface area contributed by atoms with E-state index in [1.54, 1.807) is 6.20 Å². The second-order valence-electron chi connectivity index (χ2n) is 4.26. The molecule has 5 nitrogen and oxygen atoms in total. The van der Waals surface area contributed by atoms with Gasteiger partial charge in [-0.1, -0.05) is 13.8 Å². The Labute approximate surface area is 101 Å². The molecule has 0 aliphatic carbocycles. The van der Waals surface area contributed by atoms with E-state index in [0.29, 0.717) is 6.04 Å². The average Bonchev–Trinajstić information content (AvgIpc) is 2.73. The van der Waals surface area contributed by atoms with Gasteiger partial charge in [-0.3, -0.25) is 4.57 Å². The van der Waals surface area contributed by atoms with E-state index in [1.165, 1.54) is 0 Å². The van der Waals surface area contributed by atoms with E-state index < -0.39 is 0 Å². The normalized spacial score (nSPS) is 11.1. The number of hydrogen-bond donors (Lipinski definition) is 1. The molecule has 17 heavy (non-hydrogen) atoms. The topological polar surface area (TPSA) is 55.6 Å². The molecular formula is C12H17N5. The van der Waals surface area contributed by atoms with Crippen molar-refractivity contribution in [3.8, 4) is 5.82 Å². The fraction of sp³-hybridized carbons (Fsp3) is 0.417. The minimum atomic E-state index is 0.451. The second kappa shape index (κ2) is 5.05. The van der Waals surface area contributed by atoms with Crippen LogP contribution in [0.5, 0.6) is 0 Å². The van der Waals surface area contributed by atoms with Gasteiger partial charge in [0.25, 0.3) is 0 Å². The van der Waals surface area contributed by atoms with Crippen LogP contribution in [0, 0.1) is 6.92 Å². The van der Waals surface area contributed by atoms with Crippen LogP contribution in [0.25, 0.3) is 5.82 Å². The zero-order chi connectivity index (χ0) is 12.3. The van der Waals surface area contributed by atoms with Gasteiger partial charge in [0.1, 0.15) is 5.82 Å². The summed E-state index contributed by atoms with van der Waals surface area (Å²) in [4.78, 5) is 4.16. The Bertz CT molecular complexity index is 472. The lowest BCUT2D eigenvalue weighted by Gasteiger charge is -2.07. The molecule has 2 aromatic heterocycles. The molecule has 0 spiro atoms. The van der Waals surface area contributed by atoms with E-state index in [9.17, 15) is 0 Å². The van der Waals surface area contributed by atoms with Crippen molar-refractivity contribution in [2.24, 2.45) is 0 Å². The van der Waals surface area contributed by atoms with Crippen LogP contribution in [-0.4, -0.2) is 25.8 Å². The van der Waals surface area contributed by atoms with Crippen LogP contribution >= 0.6 is 0 Å². The van der Waals surface area contributed by atoms with Gasteiger partial charge in [-0.15, -0.1) is 5.10 Å². The van der Waals surface area contributed by atoms with Gasteiger partial charge in [-0.05, 0) is 19.1 Å². The summed E-state index contributed by atoms with van der Waals surface area (Å²) in [6.45, 7) is 6.90. The summed E-state index contributed by atoms with van der Waals surface area (Å²) in [5.41, 5.74) is 0.945. The molecule has 0 amide bonds. The number of imidazole rings is 1. The Hall–Kier alpha value is -1.75. The Morgan fingerprint density at radius 3 is 2.65 bits per heavy atom. The van der Waals surface area contributed by atoms with Crippen molar-refractivity contribution in [2.75, 3.05) is 0 Å². The maximum Gasteiger partial charge on any atom is 0.160 e. The molecule has 1 N–H and O–H groups in total. The third kappa shape index (κ3) is 2.88. The Morgan fingerprint density at radius 1 is 1.29 bits per heavy atom.